The predicted molar refractivity (Wildman–Crippen MR) is 149 cm³/mol. The van der Waals surface area contributed by atoms with Gasteiger partial charge in [0.25, 0.3) is 0 Å². The van der Waals surface area contributed by atoms with E-state index in [0.29, 0.717) is 56.6 Å². The van der Waals surface area contributed by atoms with Gasteiger partial charge in [-0.15, -0.1) is 0 Å². The van der Waals surface area contributed by atoms with Gasteiger partial charge in [0, 0.05) is 48.5 Å². The first-order chi connectivity index (χ1) is 19.2. The van der Waals surface area contributed by atoms with Crippen molar-refractivity contribution in [2.75, 3.05) is 40.4 Å². The number of pyridine rings is 1. The third-order valence-corrected chi connectivity index (χ3v) is 8.77. The van der Waals surface area contributed by atoms with E-state index in [2.05, 4.69) is 5.32 Å². The molecule has 0 bridgehead atoms. The molecule has 0 spiro atoms. The molecule has 214 valence electrons. The van der Waals surface area contributed by atoms with E-state index < -0.39 is 17.7 Å². The predicted octanol–water partition coefficient (Wildman–Crippen LogP) is 6.62. The van der Waals surface area contributed by atoms with E-state index in [0.717, 1.165) is 74.9 Å². The van der Waals surface area contributed by atoms with Gasteiger partial charge in [0.05, 0.1) is 60.7 Å². The first-order valence-corrected chi connectivity index (χ1v) is 14.1. The fraction of sp³-hybridized carbons (Fsp3) is 0.467. The van der Waals surface area contributed by atoms with Crippen LogP contribution in [-0.4, -0.2) is 61.9 Å². The van der Waals surface area contributed by atoms with Crippen molar-refractivity contribution in [1.82, 2.24) is 10.3 Å². The number of methoxy groups -OCH3 is 2. The van der Waals surface area contributed by atoms with E-state index in [1.807, 2.05) is 0 Å². The van der Waals surface area contributed by atoms with Crippen LogP contribution in [0, 0.1) is 0 Å². The van der Waals surface area contributed by atoms with Crippen LogP contribution in [0.3, 0.4) is 0 Å². The number of hydrogen-bond donors (Lipinski definition) is 1. The smallest absolute Gasteiger partial charge is 0.416 e. The number of hydrogen-bond acceptors (Lipinski definition) is 5. The molecule has 0 saturated carbocycles. The Morgan fingerprint density at radius 3 is 2.48 bits per heavy atom. The number of piperidine rings is 2. The molecular weight excluding hydrogens is 543 g/mol. The van der Waals surface area contributed by atoms with Crippen LogP contribution in [-0.2, 0) is 17.5 Å². The number of likely N-dealkylation sites (tertiary alicyclic amines) is 1. The number of rotatable bonds is 6. The highest BCUT2D eigenvalue weighted by molar-refractivity contribution is 6.33. The molecule has 2 fully saturated rings. The van der Waals surface area contributed by atoms with Gasteiger partial charge in [-0.25, -0.2) is 9.78 Å². The van der Waals surface area contributed by atoms with E-state index in [9.17, 15) is 18.0 Å². The highest BCUT2D eigenvalue weighted by atomic mass is 35.5. The minimum atomic E-state index is -4.52. The molecule has 5 rings (SSSR count). The summed E-state index contributed by atoms with van der Waals surface area (Å²) >= 11 is 6.50. The molecule has 0 atom stereocenters. The number of benzene rings is 2. The van der Waals surface area contributed by atoms with Crippen LogP contribution in [0.2, 0.25) is 5.02 Å². The van der Waals surface area contributed by atoms with Gasteiger partial charge in [0.1, 0.15) is 12.3 Å². The van der Waals surface area contributed by atoms with Crippen LogP contribution >= 0.6 is 11.6 Å². The Labute approximate surface area is 237 Å². The second-order valence-corrected chi connectivity index (χ2v) is 11.2. The highest BCUT2D eigenvalue weighted by Crippen LogP contribution is 2.41. The van der Waals surface area contributed by atoms with Crippen LogP contribution in [0.1, 0.15) is 53.6 Å². The lowest BCUT2D eigenvalue weighted by atomic mass is 9.90. The molecule has 2 aliphatic heterocycles. The number of quaternary nitrogens is 1. The normalized spacial score (nSPS) is 18.1. The Kier molecular flexibility index (Phi) is 8.27. The van der Waals surface area contributed by atoms with Gasteiger partial charge >= 0.3 is 12.1 Å². The monoisotopic (exact) mass is 576 g/mol. The number of aromatic nitrogens is 1. The summed E-state index contributed by atoms with van der Waals surface area (Å²) in [4.78, 5) is 18.4. The average molecular weight is 577 g/mol. The largest absolute Gasteiger partial charge is 0.495 e. The third kappa shape index (κ3) is 5.51. The van der Waals surface area contributed by atoms with Crippen molar-refractivity contribution in [3.63, 3.8) is 0 Å². The summed E-state index contributed by atoms with van der Waals surface area (Å²) in [7, 11) is 2.78. The molecule has 0 aliphatic carbocycles. The molecule has 40 heavy (non-hydrogen) atoms. The molecule has 2 saturated heterocycles. The lowest BCUT2D eigenvalue weighted by Crippen LogP contribution is -2.60. The van der Waals surface area contributed by atoms with Gasteiger partial charge in [-0.3, -0.25) is 0 Å². The number of nitrogens with one attached hydrogen (secondary N) is 1. The molecule has 3 aromatic rings. The molecule has 10 heteroatoms. The Balaban J connectivity index is 1.81. The number of carbonyl (C=O) groups is 1. The molecule has 0 unspecified atom stereocenters. The van der Waals surface area contributed by atoms with Crippen molar-refractivity contribution in [1.29, 1.82) is 0 Å². The second-order valence-electron chi connectivity index (χ2n) is 10.8. The maximum absolute atomic E-state index is 13.8. The Morgan fingerprint density at radius 2 is 1.82 bits per heavy atom. The quantitative estimate of drug-likeness (QED) is 0.264. The molecular formula is C30H34ClF3N3O3+. The zero-order valence-corrected chi connectivity index (χ0v) is 23.5. The van der Waals surface area contributed by atoms with Crippen molar-refractivity contribution < 1.29 is 31.9 Å². The Morgan fingerprint density at radius 1 is 1.10 bits per heavy atom. The lowest BCUT2D eigenvalue weighted by molar-refractivity contribution is -0.968. The number of carbonyl (C=O) groups excluding carboxylic acids is 1. The molecule has 2 aromatic carbocycles. The van der Waals surface area contributed by atoms with E-state index in [4.69, 9.17) is 26.1 Å². The first-order valence-electron chi connectivity index (χ1n) is 13.7. The van der Waals surface area contributed by atoms with E-state index in [1.165, 1.54) is 20.3 Å². The SMILES string of the molecule is COC(=O)c1c(C[N+]2(C3CCNCC3)CCCCC2)c(-c2cccc(C(F)(F)F)c2)nc2cc(OC)c(Cl)cc12. The zero-order valence-electron chi connectivity index (χ0n) is 22.7. The van der Waals surface area contributed by atoms with E-state index in [-0.39, 0.29) is 0 Å². The summed E-state index contributed by atoms with van der Waals surface area (Å²) in [6, 6.07) is 8.77. The first kappa shape index (κ1) is 28.6. The van der Waals surface area contributed by atoms with Crippen LogP contribution in [0.5, 0.6) is 5.75 Å². The van der Waals surface area contributed by atoms with Gasteiger partial charge in [-0.05, 0) is 37.5 Å². The Bertz CT molecular complexity index is 1400. The molecule has 1 N–H and O–H groups in total. The van der Waals surface area contributed by atoms with Crippen molar-refractivity contribution in [3.05, 3.63) is 58.1 Å². The third-order valence-electron chi connectivity index (χ3n) is 8.48. The van der Waals surface area contributed by atoms with Crippen molar-refractivity contribution >= 4 is 28.5 Å². The summed E-state index contributed by atoms with van der Waals surface area (Å²) in [5.74, 6) is -0.216. The van der Waals surface area contributed by atoms with Gasteiger partial charge in [-0.1, -0.05) is 23.7 Å². The maximum Gasteiger partial charge on any atom is 0.416 e. The average Bonchev–Trinajstić information content (AvgIpc) is 2.97. The van der Waals surface area contributed by atoms with Crippen LogP contribution < -0.4 is 10.1 Å². The van der Waals surface area contributed by atoms with Crippen LogP contribution in [0.25, 0.3) is 22.2 Å². The van der Waals surface area contributed by atoms with Crippen LogP contribution in [0.15, 0.2) is 36.4 Å². The molecule has 6 nitrogen and oxygen atoms in total. The second kappa shape index (κ2) is 11.5. The number of ether oxygens (including phenoxy) is 2. The Hall–Kier alpha value is -2.88. The fourth-order valence-electron chi connectivity index (χ4n) is 6.50. The minimum absolute atomic E-state index is 0.293. The highest BCUT2D eigenvalue weighted by Gasteiger charge is 2.41. The molecule has 0 amide bonds. The number of alkyl halides is 3. The number of halogens is 4. The number of esters is 1. The lowest BCUT2D eigenvalue weighted by Gasteiger charge is -2.49. The van der Waals surface area contributed by atoms with Gasteiger partial charge in [0.15, 0.2) is 0 Å². The van der Waals surface area contributed by atoms with Gasteiger partial charge in [0.2, 0.25) is 0 Å². The van der Waals surface area contributed by atoms with Crippen molar-refractivity contribution in [2.24, 2.45) is 0 Å². The standard InChI is InChI=1S/C30H34ClF3N3O3/c1-39-26-17-25-22(16-24(26)31)27(29(38)40-2)23(28(36-25)19-7-6-8-20(15-19)30(32,33)34)18-37(13-4-3-5-14-37)21-9-11-35-12-10-21/h6-8,15-17,21,35H,3-5,9-14,18H2,1-2H3/q+1. The zero-order chi connectivity index (χ0) is 28.5. The van der Waals surface area contributed by atoms with E-state index in [1.54, 1.807) is 18.2 Å². The van der Waals surface area contributed by atoms with Crippen molar-refractivity contribution in [2.45, 2.75) is 50.9 Å². The van der Waals surface area contributed by atoms with Gasteiger partial charge in [-0.2, -0.15) is 13.2 Å². The fourth-order valence-corrected chi connectivity index (χ4v) is 6.74. The number of nitrogens with zero attached hydrogens (tertiary/aromatic N) is 2. The summed E-state index contributed by atoms with van der Waals surface area (Å²) in [6.45, 7) is 4.18. The van der Waals surface area contributed by atoms with Crippen LogP contribution in [0.4, 0.5) is 13.2 Å². The molecule has 3 heterocycles. The van der Waals surface area contributed by atoms with E-state index >= 15 is 0 Å². The molecule has 2 aliphatic rings. The molecule has 1 aromatic heterocycles. The van der Waals surface area contributed by atoms with Gasteiger partial charge < -0.3 is 19.3 Å². The molecule has 0 radical (unpaired) electrons. The summed E-state index contributed by atoms with van der Waals surface area (Å²) < 4.78 is 52.8. The number of fused-ring (bicyclic) bond motifs is 1. The summed E-state index contributed by atoms with van der Waals surface area (Å²) in [5, 5.41) is 4.24. The summed E-state index contributed by atoms with van der Waals surface area (Å²) in [5.41, 5.74) is 1.16. The topological polar surface area (TPSA) is 60.5 Å². The summed E-state index contributed by atoms with van der Waals surface area (Å²) in [6.07, 6.45) is 0.721. The minimum Gasteiger partial charge on any atom is -0.495 e. The van der Waals surface area contributed by atoms with Crippen molar-refractivity contribution in [3.8, 4) is 17.0 Å². The maximum atomic E-state index is 13.8.